The number of rotatable bonds is 4. The van der Waals surface area contributed by atoms with E-state index in [1.54, 1.807) is 0 Å². The Morgan fingerprint density at radius 2 is 1.71 bits per heavy atom. The summed E-state index contributed by atoms with van der Waals surface area (Å²) in [6, 6.07) is 10.5. The van der Waals surface area contributed by atoms with Crippen LogP contribution in [0.3, 0.4) is 0 Å². The molecule has 0 radical (unpaired) electrons. The van der Waals surface area contributed by atoms with Crippen LogP contribution in [0.25, 0.3) is 0 Å². The van der Waals surface area contributed by atoms with Crippen molar-refractivity contribution in [3.8, 4) is 0 Å². The average molecular weight is 305 g/mol. The zero-order valence-corrected chi connectivity index (χ0v) is 13.4. The molecule has 1 unspecified atom stereocenters. The topological polar surface area (TPSA) is 26.3 Å². The lowest BCUT2D eigenvalue weighted by Gasteiger charge is -2.27. The van der Waals surface area contributed by atoms with E-state index in [-0.39, 0.29) is 16.1 Å². The fourth-order valence-electron chi connectivity index (χ4n) is 3.52. The van der Waals surface area contributed by atoms with Gasteiger partial charge >= 0.3 is 0 Å². The van der Waals surface area contributed by atoms with Gasteiger partial charge in [0.1, 0.15) is 11.5 Å². The van der Waals surface area contributed by atoms with Gasteiger partial charge in [0.05, 0.1) is 13.2 Å². The first-order valence-corrected chi connectivity index (χ1v) is 9.81. The maximum Gasteiger partial charge on any atom is 0.201 e. The molecule has 0 bridgehead atoms. The number of Topliss-reactive ketones (excluding diaryl/α,β-unsaturated/α-hetero) is 1. The molecule has 2 aliphatic rings. The van der Waals surface area contributed by atoms with Crippen molar-refractivity contribution in [1.82, 2.24) is 0 Å². The van der Waals surface area contributed by atoms with Gasteiger partial charge in [0.25, 0.3) is 0 Å². The minimum absolute atomic E-state index is 0.123. The van der Waals surface area contributed by atoms with Crippen LogP contribution in [-0.2, 0) is 20.4 Å². The molecule has 1 aromatic carbocycles. The third kappa shape index (κ3) is 3.70. The highest BCUT2D eigenvalue weighted by molar-refractivity contribution is 7.97. The number of ketones is 1. The van der Waals surface area contributed by atoms with E-state index in [2.05, 4.69) is 24.3 Å². The summed E-state index contributed by atoms with van der Waals surface area (Å²) in [5.41, 5.74) is 1.23. The molecule has 1 aliphatic heterocycles. The first-order chi connectivity index (χ1) is 10.4. The fourth-order valence-corrected chi connectivity index (χ4v) is 5.92. The van der Waals surface area contributed by atoms with E-state index in [4.69, 9.17) is 4.74 Å². The van der Waals surface area contributed by atoms with Crippen molar-refractivity contribution in [2.75, 3.05) is 24.7 Å². The number of carbonyl (C=O) groups is 1. The minimum atomic E-state index is 0.123. The highest BCUT2D eigenvalue weighted by Crippen LogP contribution is 2.35. The van der Waals surface area contributed by atoms with Gasteiger partial charge in [-0.15, -0.1) is 0 Å². The Bertz CT molecular complexity index is 448. The number of hydrogen-bond acceptors (Lipinski definition) is 2. The molecular formula is C18H25O2S+. The predicted molar refractivity (Wildman–Crippen MR) is 88.7 cm³/mol. The quantitative estimate of drug-likeness (QED) is 0.796. The van der Waals surface area contributed by atoms with Gasteiger partial charge in [-0.1, -0.05) is 49.6 Å². The van der Waals surface area contributed by atoms with Gasteiger partial charge in [0, 0.05) is 22.4 Å². The Hall–Kier alpha value is -0.800. The van der Waals surface area contributed by atoms with Crippen molar-refractivity contribution < 1.29 is 9.53 Å². The summed E-state index contributed by atoms with van der Waals surface area (Å²) in [5, 5.41) is 0.123. The lowest BCUT2D eigenvalue weighted by molar-refractivity contribution is -0.123. The Morgan fingerprint density at radius 3 is 2.38 bits per heavy atom. The molecule has 3 rings (SSSR count). The van der Waals surface area contributed by atoms with Crippen molar-refractivity contribution in [2.45, 2.75) is 37.4 Å². The summed E-state index contributed by atoms with van der Waals surface area (Å²) in [5.74, 6) is 2.93. The maximum absolute atomic E-state index is 13.2. The molecule has 2 fully saturated rings. The molecule has 0 spiro atoms. The van der Waals surface area contributed by atoms with E-state index >= 15 is 0 Å². The Kier molecular flexibility index (Phi) is 5.37. The summed E-state index contributed by atoms with van der Waals surface area (Å²) in [7, 11) is 0.160. The van der Waals surface area contributed by atoms with E-state index < -0.39 is 0 Å². The lowest BCUT2D eigenvalue weighted by Crippen LogP contribution is -2.37. The van der Waals surface area contributed by atoms with Crippen LogP contribution in [-0.4, -0.2) is 30.5 Å². The highest BCUT2D eigenvalue weighted by atomic mass is 32.2. The smallest absolute Gasteiger partial charge is 0.201 e. The second kappa shape index (κ2) is 7.46. The molecular weight excluding hydrogens is 280 g/mol. The van der Waals surface area contributed by atoms with Crippen LogP contribution in [0.4, 0.5) is 0 Å². The number of carbonyl (C=O) groups excluding carboxylic acids is 1. The van der Waals surface area contributed by atoms with E-state index in [0.29, 0.717) is 11.7 Å². The van der Waals surface area contributed by atoms with Crippen molar-refractivity contribution in [3.63, 3.8) is 0 Å². The SMILES string of the molecule is O=C(C1CCCCC1)C(c1ccccc1)[S+]1CCOCC1. The molecule has 1 heterocycles. The van der Waals surface area contributed by atoms with Gasteiger partial charge in [-0.3, -0.25) is 4.79 Å². The highest BCUT2D eigenvalue weighted by Gasteiger charge is 2.42. The van der Waals surface area contributed by atoms with Crippen LogP contribution in [0.15, 0.2) is 30.3 Å². The molecule has 1 atom stereocenters. The molecule has 0 aromatic heterocycles. The third-order valence-electron chi connectivity index (χ3n) is 4.68. The zero-order chi connectivity index (χ0) is 14.5. The average Bonchev–Trinajstić information content (AvgIpc) is 2.58. The predicted octanol–water partition coefficient (Wildman–Crippen LogP) is 3.53. The lowest BCUT2D eigenvalue weighted by atomic mass is 9.84. The van der Waals surface area contributed by atoms with Gasteiger partial charge < -0.3 is 4.74 Å². The largest absolute Gasteiger partial charge is 0.372 e. The first kappa shape index (κ1) is 15.1. The fraction of sp³-hybridized carbons (Fsp3) is 0.611. The van der Waals surface area contributed by atoms with E-state index in [1.807, 2.05) is 6.07 Å². The van der Waals surface area contributed by atoms with Gasteiger partial charge in [0.2, 0.25) is 5.25 Å². The van der Waals surface area contributed by atoms with Crippen LogP contribution < -0.4 is 0 Å². The molecule has 0 N–H and O–H groups in total. The van der Waals surface area contributed by atoms with Crippen molar-refractivity contribution in [2.24, 2.45) is 5.92 Å². The van der Waals surface area contributed by atoms with E-state index in [0.717, 1.165) is 37.6 Å². The summed E-state index contributed by atoms with van der Waals surface area (Å²) >= 11 is 0. The molecule has 0 amide bonds. The maximum atomic E-state index is 13.2. The van der Waals surface area contributed by atoms with Crippen LogP contribution in [0.2, 0.25) is 0 Å². The van der Waals surface area contributed by atoms with Crippen LogP contribution in [0.1, 0.15) is 42.9 Å². The first-order valence-electron chi connectivity index (χ1n) is 8.19. The number of ether oxygens (including phenoxy) is 1. The summed E-state index contributed by atoms with van der Waals surface area (Å²) in [4.78, 5) is 13.2. The summed E-state index contributed by atoms with van der Waals surface area (Å²) in [6.07, 6.45) is 5.98. The van der Waals surface area contributed by atoms with E-state index in [1.165, 1.54) is 24.8 Å². The minimum Gasteiger partial charge on any atom is -0.372 e. The third-order valence-corrected chi connectivity index (χ3v) is 7.23. The van der Waals surface area contributed by atoms with Gasteiger partial charge in [-0.05, 0) is 12.8 Å². The molecule has 3 heteroatoms. The molecule has 21 heavy (non-hydrogen) atoms. The molecule has 114 valence electrons. The normalized spacial score (nSPS) is 22.9. The Labute approximate surface area is 130 Å². The van der Waals surface area contributed by atoms with Crippen LogP contribution in [0, 0.1) is 5.92 Å². The van der Waals surface area contributed by atoms with Crippen molar-refractivity contribution in [3.05, 3.63) is 35.9 Å². The second-order valence-electron chi connectivity index (χ2n) is 6.09. The number of benzene rings is 1. The molecule has 1 saturated carbocycles. The van der Waals surface area contributed by atoms with Gasteiger partial charge in [-0.25, -0.2) is 0 Å². The molecule has 2 nitrogen and oxygen atoms in total. The molecule has 1 saturated heterocycles. The second-order valence-corrected chi connectivity index (χ2v) is 8.45. The summed E-state index contributed by atoms with van der Waals surface area (Å²) in [6.45, 7) is 1.65. The standard InChI is InChI=1S/C18H25O2S/c19-17(15-7-3-1-4-8-15)18(16-9-5-2-6-10-16)21-13-11-20-12-14-21/h2,5-6,9-10,15,18H,1,3-4,7-8,11-14H2/q+1. The Morgan fingerprint density at radius 1 is 1.05 bits per heavy atom. The van der Waals surface area contributed by atoms with Crippen LogP contribution >= 0.6 is 0 Å². The number of hydrogen-bond donors (Lipinski definition) is 0. The van der Waals surface area contributed by atoms with Crippen molar-refractivity contribution in [1.29, 1.82) is 0 Å². The van der Waals surface area contributed by atoms with Gasteiger partial charge in [-0.2, -0.15) is 0 Å². The van der Waals surface area contributed by atoms with Gasteiger partial charge in [0.15, 0.2) is 5.78 Å². The monoisotopic (exact) mass is 305 g/mol. The van der Waals surface area contributed by atoms with E-state index in [9.17, 15) is 4.79 Å². The van der Waals surface area contributed by atoms with Crippen molar-refractivity contribution >= 4 is 16.7 Å². The Balaban J connectivity index is 1.82. The summed E-state index contributed by atoms with van der Waals surface area (Å²) < 4.78 is 5.51. The molecule has 1 aliphatic carbocycles. The van der Waals surface area contributed by atoms with Crippen LogP contribution in [0.5, 0.6) is 0 Å². The molecule has 1 aromatic rings. The zero-order valence-electron chi connectivity index (χ0n) is 12.6.